The zero-order valence-electron chi connectivity index (χ0n) is 6.05. The third kappa shape index (κ3) is 1.88. The van der Waals surface area contributed by atoms with E-state index < -0.39 is 24.5 Å². The Labute approximate surface area is 64.4 Å². The predicted octanol–water partition coefficient (Wildman–Crippen LogP) is -2.23. The van der Waals surface area contributed by atoms with Crippen LogP contribution in [0.2, 0.25) is 0 Å². The molecule has 4 atom stereocenters. The van der Waals surface area contributed by atoms with E-state index in [2.05, 4.69) is 0 Å². The van der Waals surface area contributed by atoms with E-state index in [4.69, 9.17) is 20.7 Å². The molecule has 0 spiro atoms. The van der Waals surface area contributed by atoms with Crippen LogP contribution >= 0.6 is 0 Å². The van der Waals surface area contributed by atoms with Crippen molar-refractivity contribution in [3.63, 3.8) is 0 Å². The molecule has 0 bridgehead atoms. The summed E-state index contributed by atoms with van der Waals surface area (Å²) in [6.45, 7) is -0.301. The van der Waals surface area contributed by atoms with Gasteiger partial charge in [0.15, 0.2) is 6.29 Å². The van der Waals surface area contributed by atoms with Crippen molar-refractivity contribution in [2.24, 2.45) is 5.73 Å². The van der Waals surface area contributed by atoms with Gasteiger partial charge in [0.05, 0.1) is 18.8 Å². The van der Waals surface area contributed by atoms with Crippen molar-refractivity contribution in [1.82, 2.24) is 0 Å². The zero-order valence-corrected chi connectivity index (χ0v) is 6.05. The largest absolute Gasteiger partial charge is 0.394 e. The van der Waals surface area contributed by atoms with E-state index >= 15 is 0 Å². The molecule has 5 N–H and O–H groups in total. The molecule has 0 amide bonds. The molecular formula is C6H13NO4. The van der Waals surface area contributed by atoms with E-state index in [0.29, 0.717) is 0 Å². The van der Waals surface area contributed by atoms with Crippen LogP contribution in [0.25, 0.3) is 0 Å². The van der Waals surface area contributed by atoms with Crippen molar-refractivity contribution in [2.75, 3.05) is 6.61 Å². The fraction of sp³-hybridized carbons (Fsp3) is 1.00. The number of rotatable bonds is 1. The number of hydrogen-bond donors (Lipinski definition) is 4. The fourth-order valence-electron chi connectivity index (χ4n) is 1.08. The highest BCUT2D eigenvalue weighted by atomic mass is 16.6. The lowest BCUT2D eigenvalue weighted by atomic mass is 10.0. The molecule has 1 fully saturated rings. The first-order valence-corrected chi connectivity index (χ1v) is 3.53. The summed E-state index contributed by atoms with van der Waals surface area (Å²) >= 11 is 0. The molecule has 0 aliphatic carbocycles. The van der Waals surface area contributed by atoms with Gasteiger partial charge in [0.1, 0.15) is 6.10 Å². The second-order valence-corrected chi connectivity index (χ2v) is 2.71. The van der Waals surface area contributed by atoms with E-state index in [1.165, 1.54) is 0 Å². The molecule has 0 radical (unpaired) electrons. The van der Waals surface area contributed by atoms with E-state index in [9.17, 15) is 5.11 Å². The van der Waals surface area contributed by atoms with Gasteiger partial charge >= 0.3 is 0 Å². The van der Waals surface area contributed by atoms with Crippen molar-refractivity contribution in [3.05, 3.63) is 0 Å². The molecule has 11 heavy (non-hydrogen) atoms. The number of aliphatic hydroxyl groups is 3. The maximum atomic E-state index is 9.18. The minimum absolute atomic E-state index is 0.256. The number of nitrogens with two attached hydrogens (primary N) is 1. The van der Waals surface area contributed by atoms with Crippen molar-refractivity contribution < 1.29 is 20.1 Å². The van der Waals surface area contributed by atoms with Crippen LogP contribution in [0.1, 0.15) is 6.42 Å². The summed E-state index contributed by atoms with van der Waals surface area (Å²) in [5.41, 5.74) is 5.37. The quantitative estimate of drug-likeness (QED) is 0.351. The topological polar surface area (TPSA) is 95.9 Å². The van der Waals surface area contributed by atoms with Crippen LogP contribution in [0.15, 0.2) is 0 Å². The van der Waals surface area contributed by atoms with Crippen molar-refractivity contribution in [3.8, 4) is 0 Å². The number of aliphatic hydroxyl groups excluding tert-OH is 3. The molecule has 0 aromatic rings. The first-order valence-electron chi connectivity index (χ1n) is 3.53. The van der Waals surface area contributed by atoms with E-state index in [-0.39, 0.29) is 13.0 Å². The molecule has 66 valence electrons. The Morgan fingerprint density at radius 1 is 1.45 bits per heavy atom. The minimum atomic E-state index is -1.07. The summed E-state index contributed by atoms with van der Waals surface area (Å²) in [4.78, 5) is 0. The van der Waals surface area contributed by atoms with Gasteiger partial charge in [0.2, 0.25) is 0 Å². The summed E-state index contributed by atoms with van der Waals surface area (Å²) in [6.07, 6.45) is -2.30. The average Bonchev–Trinajstić information content (AvgIpc) is 1.97. The van der Waals surface area contributed by atoms with Gasteiger partial charge in [-0.3, -0.25) is 0 Å². The molecule has 5 nitrogen and oxygen atoms in total. The zero-order chi connectivity index (χ0) is 8.43. The second-order valence-electron chi connectivity index (χ2n) is 2.71. The molecule has 1 heterocycles. The second kappa shape index (κ2) is 3.46. The lowest BCUT2D eigenvalue weighted by Crippen LogP contribution is -2.52. The predicted molar refractivity (Wildman–Crippen MR) is 36.6 cm³/mol. The highest BCUT2D eigenvalue weighted by molar-refractivity contribution is 4.81. The smallest absolute Gasteiger partial charge is 0.170 e. The van der Waals surface area contributed by atoms with Gasteiger partial charge in [-0.1, -0.05) is 0 Å². The third-order valence-corrected chi connectivity index (χ3v) is 1.80. The molecular weight excluding hydrogens is 150 g/mol. The van der Waals surface area contributed by atoms with Crippen molar-refractivity contribution >= 4 is 0 Å². The minimum Gasteiger partial charge on any atom is -0.394 e. The lowest BCUT2D eigenvalue weighted by Gasteiger charge is -2.34. The Hall–Kier alpha value is -0.200. The normalized spacial score (nSPS) is 45.8. The van der Waals surface area contributed by atoms with Crippen LogP contribution in [-0.2, 0) is 4.74 Å². The molecule has 5 heteroatoms. The standard InChI is InChI=1S/C6H13NO4/c7-3-1-4(9)5(2-8)11-6(3)10/h3-6,8-10H,1-2,7H2/t3-,4+,5-,6-/m1/s1. The van der Waals surface area contributed by atoms with Gasteiger partial charge in [-0.25, -0.2) is 0 Å². The Morgan fingerprint density at radius 2 is 2.09 bits per heavy atom. The van der Waals surface area contributed by atoms with Crippen LogP contribution in [-0.4, -0.2) is 46.5 Å². The maximum Gasteiger partial charge on any atom is 0.170 e. The van der Waals surface area contributed by atoms with Gasteiger partial charge in [0, 0.05) is 0 Å². The molecule has 1 saturated heterocycles. The maximum absolute atomic E-state index is 9.18. The third-order valence-electron chi connectivity index (χ3n) is 1.80. The summed E-state index contributed by atoms with van der Waals surface area (Å²) in [5, 5.41) is 26.8. The Morgan fingerprint density at radius 3 is 2.64 bits per heavy atom. The molecule has 0 aromatic heterocycles. The SMILES string of the molecule is N[C@@H]1C[C@H](O)[C@@H](CO)O[C@H]1O. The molecule has 1 rings (SSSR count). The van der Waals surface area contributed by atoms with Gasteiger partial charge in [0.25, 0.3) is 0 Å². The Kier molecular flexibility index (Phi) is 2.80. The Bertz CT molecular complexity index is 132. The molecule has 0 unspecified atom stereocenters. The highest BCUT2D eigenvalue weighted by Gasteiger charge is 2.33. The molecule has 1 aliphatic rings. The van der Waals surface area contributed by atoms with E-state index in [1.807, 2.05) is 0 Å². The molecule has 0 saturated carbocycles. The van der Waals surface area contributed by atoms with E-state index in [0.717, 1.165) is 0 Å². The van der Waals surface area contributed by atoms with E-state index in [1.54, 1.807) is 0 Å². The van der Waals surface area contributed by atoms with Crippen LogP contribution in [0, 0.1) is 0 Å². The summed E-state index contributed by atoms with van der Waals surface area (Å²) < 4.78 is 4.79. The Balaban J connectivity index is 2.48. The summed E-state index contributed by atoms with van der Waals surface area (Å²) in [5.74, 6) is 0. The van der Waals surface area contributed by atoms with Crippen LogP contribution in [0.4, 0.5) is 0 Å². The monoisotopic (exact) mass is 163 g/mol. The fourth-order valence-corrected chi connectivity index (χ4v) is 1.08. The van der Waals surface area contributed by atoms with Gasteiger partial charge in [-0.05, 0) is 6.42 Å². The van der Waals surface area contributed by atoms with Gasteiger partial charge in [-0.2, -0.15) is 0 Å². The lowest BCUT2D eigenvalue weighted by molar-refractivity contribution is -0.216. The number of hydrogen-bond acceptors (Lipinski definition) is 5. The van der Waals surface area contributed by atoms with Gasteiger partial charge < -0.3 is 25.8 Å². The van der Waals surface area contributed by atoms with Crippen molar-refractivity contribution in [2.45, 2.75) is 31.0 Å². The van der Waals surface area contributed by atoms with Gasteiger partial charge in [-0.15, -0.1) is 0 Å². The van der Waals surface area contributed by atoms with Crippen LogP contribution in [0.5, 0.6) is 0 Å². The first-order chi connectivity index (χ1) is 5.15. The molecule has 1 aliphatic heterocycles. The molecule has 0 aromatic carbocycles. The van der Waals surface area contributed by atoms with Crippen LogP contribution in [0.3, 0.4) is 0 Å². The highest BCUT2D eigenvalue weighted by Crippen LogP contribution is 2.16. The first kappa shape index (κ1) is 8.89. The summed E-state index contributed by atoms with van der Waals surface area (Å²) in [7, 11) is 0. The average molecular weight is 163 g/mol. The van der Waals surface area contributed by atoms with Crippen LogP contribution < -0.4 is 5.73 Å². The number of ether oxygens (including phenoxy) is 1. The summed E-state index contributed by atoms with van der Waals surface area (Å²) in [6, 6.07) is -0.562. The van der Waals surface area contributed by atoms with Crippen molar-refractivity contribution in [1.29, 1.82) is 0 Å².